The van der Waals surface area contributed by atoms with E-state index in [1.165, 1.54) is 16.8 Å². The second kappa shape index (κ2) is 7.92. The zero-order chi connectivity index (χ0) is 23.3. The molecular weight excluding hydrogens is 527 g/mol. The molecule has 12 heteroatoms. The third kappa shape index (κ3) is 3.87. The molecule has 5 rings (SSSR count). The van der Waals surface area contributed by atoms with Gasteiger partial charge in [0.15, 0.2) is 18.2 Å². The summed E-state index contributed by atoms with van der Waals surface area (Å²) in [6, 6.07) is 10.1. The molecule has 1 aromatic carbocycles. The molecule has 0 bridgehead atoms. The van der Waals surface area contributed by atoms with E-state index in [1.54, 1.807) is 30.5 Å². The highest BCUT2D eigenvalue weighted by atomic mass is 79.9. The van der Waals surface area contributed by atoms with Gasteiger partial charge in [0.25, 0.3) is 0 Å². The largest absolute Gasteiger partial charge is 0.460 e. The molecule has 4 aromatic rings. The minimum atomic E-state index is -4.59. The van der Waals surface area contributed by atoms with Crippen LogP contribution in [0.2, 0.25) is 5.02 Å². The second-order valence-electron chi connectivity index (χ2n) is 6.96. The highest BCUT2D eigenvalue weighted by Crippen LogP contribution is 2.38. The lowest BCUT2D eigenvalue weighted by molar-refractivity contribution is -0.141. The van der Waals surface area contributed by atoms with Gasteiger partial charge >= 0.3 is 6.18 Å². The van der Waals surface area contributed by atoms with Crippen molar-refractivity contribution < 1.29 is 22.7 Å². The minimum absolute atomic E-state index is 0.0683. The quantitative estimate of drug-likeness (QED) is 0.319. The lowest BCUT2D eigenvalue weighted by Crippen LogP contribution is -2.21. The van der Waals surface area contributed by atoms with Gasteiger partial charge in [-0.05, 0) is 46.3 Å². The first-order chi connectivity index (χ1) is 15.7. The van der Waals surface area contributed by atoms with Gasteiger partial charge in [-0.2, -0.15) is 18.3 Å². The van der Waals surface area contributed by atoms with Crippen LogP contribution in [0, 0.1) is 0 Å². The minimum Gasteiger partial charge on any atom is -0.460 e. The fourth-order valence-corrected chi connectivity index (χ4v) is 3.97. The average Bonchev–Trinajstić information content (AvgIpc) is 3.17. The van der Waals surface area contributed by atoms with Crippen molar-refractivity contribution in [2.75, 3.05) is 0 Å². The molecule has 7 nitrogen and oxygen atoms in total. The Morgan fingerprint density at radius 1 is 1.18 bits per heavy atom. The summed E-state index contributed by atoms with van der Waals surface area (Å²) in [5.74, 6) is 0.390. The summed E-state index contributed by atoms with van der Waals surface area (Å²) in [5, 5.41) is 5.09. The lowest BCUT2D eigenvalue weighted by Gasteiger charge is -2.23. The van der Waals surface area contributed by atoms with Crippen molar-refractivity contribution in [3.05, 3.63) is 75.2 Å². The number of ether oxygens (including phenoxy) is 1. The number of aldehydes is 1. The van der Waals surface area contributed by atoms with Crippen LogP contribution in [-0.4, -0.2) is 31.9 Å². The van der Waals surface area contributed by atoms with E-state index in [0.717, 1.165) is 6.07 Å². The molecule has 3 aromatic heterocycles. The number of carbonyl (C=O) groups is 1. The van der Waals surface area contributed by atoms with Crippen molar-refractivity contribution in [2.24, 2.45) is 4.99 Å². The van der Waals surface area contributed by atoms with Crippen LogP contribution in [0.15, 0.2) is 58.3 Å². The first-order valence-corrected chi connectivity index (χ1v) is 10.5. The molecule has 0 saturated carbocycles. The molecule has 166 valence electrons. The molecule has 0 amide bonds. The highest BCUT2D eigenvalue weighted by molar-refractivity contribution is 9.10. The summed E-state index contributed by atoms with van der Waals surface area (Å²) < 4.78 is 46.8. The number of halogens is 5. The number of pyridine rings is 2. The Hall–Kier alpha value is -3.31. The molecular formula is C21H10BrClF3N5O2. The van der Waals surface area contributed by atoms with E-state index in [9.17, 15) is 18.0 Å². The molecule has 1 unspecified atom stereocenters. The van der Waals surface area contributed by atoms with Crippen LogP contribution < -0.4 is 0 Å². The number of rotatable bonds is 3. The first-order valence-electron chi connectivity index (χ1n) is 9.34. The topological polar surface area (TPSA) is 82.3 Å². The van der Waals surface area contributed by atoms with Gasteiger partial charge in [0, 0.05) is 23.2 Å². The van der Waals surface area contributed by atoms with E-state index in [1.807, 2.05) is 0 Å². The van der Waals surface area contributed by atoms with Gasteiger partial charge in [-0.15, -0.1) is 0 Å². The third-order valence-corrected chi connectivity index (χ3v) is 5.54. The molecule has 1 aliphatic heterocycles. The number of nitrogens with zero attached hydrogens (tertiary/aromatic N) is 5. The van der Waals surface area contributed by atoms with Crippen LogP contribution in [0.5, 0.6) is 0 Å². The van der Waals surface area contributed by atoms with Crippen molar-refractivity contribution in [3.8, 4) is 5.82 Å². The Morgan fingerprint density at radius 2 is 2.00 bits per heavy atom. The van der Waals surface area contributed by atoms with Crippen LogP contribution in [-0.2, 0) is 15.7 Å². The smallest absolute Gasteiger partial charge is 0.433 e. The van der Waals surface area contributed by atoms with Crippen LogP contribution in [0.3, 0.4) is 0 Å². The van der Waals surface area contributed by atoms with Crippen molar-refractivity contribution >= 4 is 56.3 Å². The maximum atomic E-state index is 13.1. The summed E-state index contributed by atoms with van der Waals surface area (Å²) in [4.78, 5) is 24.2. The predicted octanol–water partition coefficient (Wildman–Crippen LogP) is 5.60. The van der Waals surface area contributed by atoms with E-state index >= 15 is 0 Å². The van der Waals surface area contributed by atoms with E-state index in [4.69, 9.17) is 16.3 Å². The Labute approximate surface area is 197 Å². The van der Waals surface area contributed by atoms with Crippen molar-refractivity contribution in [1.82, 2.24) is 19.7 Å². The molecule has 0 N–H and O–H groups in total. The molecule has 4 heterocycles. The van der Waals surface area contributed by atoms with Gasteiger partial charge in [0.1, 0.15) is 16.0 Å². The predicted molar refractivity (Wildman–Crippen MR) is 117 cm³/mol. The van der Waals surface area contributed by atoms with E-state index in [0.29, 0.717) is 44.1 Å². The summed E-state index contributed by atoms with van der Waals surface area (Å²) in [7, 11) is 0. The van der Waals surface area contributed by atoms with Gasteiger partial charge in [-0.1, -0.05) is 17.7 Å². The number of hydrogen-bond donors (Lipinski definition) is 0. The highest BCUT2D eigenvalue weighted by Gasteiger charge is 2.33. The van der Waals surface area contributed by atoms with Crippen LogP contribution in [0.25, 0.3) is 16.7 Å². The number of aromatic nitrogens is 4. The monoisotopic (exact) mass is 535 g/mol. The lowest BCUT2D eigenvalue weighted by atomic mass is 10.0. The molecule has 1 atom stereocenters. The number of fused-ring (bicyclic) bond motifs is 2. The zero-order valence-electron chi connectivity index (χ0n) is 16.2. The maximum Gasteiger partial charge on any atom is 0.433 e. The Bertz CT molecular complexity index is 1450. The van der Waals surface area contributed by atoms with Gasteiger partial charge in [-0.3, -0.25) is 4.79 Å². The number of aliphatic imine (C=N–C) groups is 1. The Balaban J connectivity index is 1.67. The normalized spacial score (nSPS) is 15.7. The standard InChI is InChI=1S/C21H10BrClF3N5O2/c22-18-8-15(31(30-18)19-12(23)2-1-5-27-19)20-29-14-6-10-3-4-17(21(24,25)26)28-13(10)7-11(14)16(9-32)33-20/h1-9,16H. The molecule has 0 radical (unpaired) electrons. The van der Waals surface area contributed by atoms with Crippen LogP contribution >= 0.6 is 27.5 Å². The fraction of sp³-hybridized carbons (Fsp3) is 0.0952. The summed E-state index contributed by atoms with van der Waals surface area (Å²) in [6.45, 7) is 0. The third-order valence-electron chi connectivity index (χ3n) is 4.86. The number of alkyl halides is 3. The van der Waals surface area contributed by atoms with Gasteiger partial charge in [-0.25, -0.2) is 19.6 Å². The first kappa shape index (κ1) is 21.5. The van der Waals surface area contributed by atoms with Gasteiger partial charge in [0.2, 0.25) is 5.90 Å². The Kier molecular flexibility index (Phi) is 5.17. The van der Waals surface area contributed by atoms with E-state index in [-0.39, 0.29) is 11.4 Å². The van der Waals surface area contributed by atoms with Gasteiger partial charge in [0.05, 0.1) is 16.2 Å². The molecule has 1 aliphatic rings. The maximum absolute atomic E-state index is 13.1. The van der Waals surface area contributed by atoms with Crippen molar-refractivity contribution in [3.63, 3.8) is 0 Å². The van der Waals surface area contributed by atoms with Gasteiger partial charge < -0.3 is 4.74 Å². The molecule has 0 fully saturated rings. The Morgan fingerprint density at radius 3 is 2.73 bits per heavy atom. The molecule has 0 saturated heterocycles. The molecule has 0 spiro atoms. The number of benzene rings is 1. The number of carbonyl (C=O) groups excluding carboxylic acids is 1. The number of hydrogen-bond acceptors (Lipinski definition) is 6. The van der Waals surface area contributed by atoms with E-state index < -0.39 is 18.0 Å². The van der Waals surface area contributed by atoms with Crippen LogP contribution in [0.1, 0.15) is 23.1 Å². The average molecular weight is 537 g/mol. The summed E-state index contributed by atoms with van der Waals surface area (Å²) >= 11 is 9.57. The summed E-state index contributed by atoms with van der Waals surface area (Å²) in [6.07, 6.45) is -3.62. The second-order valence-corrected chi connectivity index (χ2v) is 8.18. The molecule has 0 aliphatic carbocycles. The van der Waals surface area contributed by atoms with E-state index in [2.05, 4.69) is 36.0 Å². The fourth-order valence-electron chi connectivity index (χ4n) is 3.40. The van der Waals surface area contributed by atoms with Crippen LogP contribution in [0.4, 0.5) is 18.9 Å². The SMILES string of the molecule is O=CC1OC(c2cc(Br)nn2-c2ncccc2Cl)=Nc2cc3ccc(C(F)(F)F)nc3cc21. The summed E-state index contributed by atoms with van der Waals surface area (Å²) in [5.41, 5.74) is 0.0725. The van der Waals surface area contributed by atoms with Crippen molar-refractivity contribution in [1.29, 1.82) is 0 Å². The van der Waals surface area contributed by atoms with Crippen molar-refractivity contribution in [2.45, 2.75) is 12.3 Å². The zero-order valence-corrected chi connectivity index (χ0v) is 18.6. The molecule has 33 heavy (non-hydrogen) atoms.